The second kappa shape index (κ2) is 8.88. The van der Waals surface area contributed by atoms with Crippen LogP contribution in [0.2, 0.25) is 0 Å². The van der Waals surface area contributed by atoms with Crippen LogP contribution in [0.5, 0.6) is 11.5 Å². The number of amides is 1. The average Bonchev–Trinajstić information content (AvgIpc) is 3.09. The van der Waals surface area contributed by atoms with E-state index in [-0.39, 0.29) is 5.91 Å². The Labute approximate surface area is 179 Å². The molecule has 5 nitrogen and oxygen atoms in total. The van der Waals surface area contributed by atoms with E-state index in [9.17, 15) is 4.79 Å². The van der Waals surface area contributed by atoms with Crippen LogP contribution in [-0.4, -0.2) is 25.3 Å². The van der Waals surface area contributed by atoms with Gasteiger partial charge in [0.05, 0.1) is 30.5 Å². The molecule has 1 aliphatic heterocycles. The summed E-state index contributed by atoms with van der Waals surface area (Å²) in [5.41, 5.74) is 2.44. The number of amidine groups is 1. The zero-order chi connectivity index (χ0) is 20.9. The highest BCUT2D eigenvalue weighted by Gasteiger charge is 2.34. The second-order valence-corrected chi connectivity index (χ2v) is 7.46. The molecular weight excluding hydrogens is 396 g/mol. The van der Waals surface area contributed by atoms with E-state index in [1.54, 1.807) is 19.1 Å². The fourth-order valence-electron chi connectivity index (χ4n) is 2.97. The average molecular weight is 417 g/mol. The molecule has 150 valence electrons. The molecule has 0 bridgehead atoms. The molecular formula is C24H20N2O3S. The van der Waals surface area contributed by atoms with Crippen LogP contribution in [0.3, 0.4) is 0 Å². The number of ether oxygens (including phenoxy) is 2. The van der Waals surface area contributed by atoms with Crippen LogP contribution in [0.15, 0.2) is 88.8 Å². The summed E-state index contributed by atoms with van der Waals surface area (Å²) in [6.45, 7) is 0. The summed E-state index contributed by atoms with van der Waals surface area (Å²) in [5, 5.41) is 0.608. The van der Waals surface area contributed by atoms with Crippen molar-refractivity contribution in [3.63, 3.8) is 0 Å². The minimum absolute atomic E-state index is 0.115. The SMILES string of the molecule is COc1ccc(C=C2SC(=Nc3ccccc3)N(c3ccc(OC)cc3)C2=O)cc1. The van der Waals surface area contributed by atoms with Crippen LogP contribution in [0.1, 0.15) is 5.56 Å². The molecule has 0 N–H and O–H groups in total. The molecule has 1 aliphatic rings. The first-order valence-corrected chi connectivity index (χ1v) is 10.2. The number of hydrogen-bond donors (Lipinski definition) is 0. The Bertz CT molecular complexity index is 1090. The molecule has 0 unspecified atom stereocenters. The number of nitrogens with zero attached hydrogens (tertiary/aromatic N) is 2. The highest BCUT2D eigenvalue weighted by Crippen LogP contribution is 2.37. The summed E-state index contributed by atoms with van der Waals surface area (Å²) in [4.78, 5) is 20.2. The molecule has 0 radical (unpaired) electrons. The Morgan fingerprint density at radius 2 is 1.43 bits per heavy atom. The molecule has 1 amide bonds. The van der Waals surface area contributed by atoms with Crippen molar-refractivity contribution in [1.82, 2.24) is 0 Å². The predicted octanol–water partition coefficient (Wildman–Crippen LogP) is 5.51. The third-order valence-electron chi connectivity index (χ3n) is 4.53. The van der Waals surface area contributed by atoms with Gasteiger partial charge in [-0.1, -0.05) is 30.3 Å². The summed E-state index contributed by atoms with van der Waals surface area (Å²) in [7, 11) is 3.24. The maximum Gasteiger partial charge on any atom is 0.271 e. The number of hydrogen-bond acceptors (Lipinski definition) is 5. The first-order chi connectivity index (χ1) is 14.7. The minimum atomic E-state index is -0.115. The molecule has 4 rings (SSSR count). The van der Waals surface area contributed by atoms with Gasteiger partial charge in [0.15, 0.2) is 5.17 Å². The van der Waals surface area contributed by atoms with E-state index in [1.807, 2.05) is 84.9 Å². The first kappa shape index (κ1) is 19.8. The third-order valence-corrected chi connectivity index (χ3v) is 5.50. The van der Waals surface area contributed by atoms with Crippen LogP contribution < -0.4 is 14.4 Å². The molecule has 1 saturated heterocycles. The van der Waals surface area contributed by atoms with E-state index in [0.29, 0.717) is 10.1 Å². The van der Waals surface area contributed by atoms with E-state index < -0.39 is 0 Å². The zero-order valence-corrected chi connectivity index (χ0v) is 17.4. The minimum Gasteiger partial charge on any atom is -0.497 e. The molecule has 3 aromatic rings. The summed E-state index contributed by atoms with van der Waals surface area (Å²) < 4.78 is 10.4. The highest BCUT2D eigenvalue weighted by molar-refractivity contribution is 8.19. The van der Waals surface area contributed by atoms with Gasteiger partial charge in [0.2, 0.25) is 0 Å². The number of rotatable bonds is 5. The topological polar surface area (TPSA) is 51.1 Å². The van der Waals surface area contributed by atoms with E-state index in [2.05, 4.69) is 0 Å². The first-order valence-electron chi connectivity index (χ1n) is 9.34. The van der Waals surface area contributed by atoms with Crippen molar-refractivity contribution in [3.8, 4) is 11.5 Å². The van der Waals surface area contributed by atoms with Gasteiger partial charge in [-0.05, 0) is 71.9 Å². The molecule has 0 aromatic heterocycles. The molecule has 0 saturated carbocycles. The Balaban J connectivity index is 1.73. The molecule has 1 fully saturated rings. The fourth-order valence-corrected chi connectivity index (χ4v) is 3.97. The number of carbonyl (C=O) groups is 1. The number of methoxy groups -OCH3 is 2. The van der Waals surface area contributed by atoms with Gasteiger partial charge in [0, 0.05) is 0 Å². The van der Waals surface area contributed by atoms with E-state index >= 15 is 0 Å². The number of thioether (sulfide) groups is 1. The van der Waals surface area contributed by atoms with E-state index in [4.69, 9.17) is 14.5 Å². The standard InChI is InChI=1S/C24H20N2O3S/c1-28-20-12-8-17(9-13-20)16-22-23(27)26(19-10-14-21(29-2)15-11-19)24(30-22)25-18-6-4-3-5-7-18/h3-16H,1-2H3. The third kappa shape index (κ3) is 4.23. The predicted molar refractivity (Wildman–Crippen MR) is 123 cm³/mol. The lowest BCUT2D eigenvalue weighted by molar-refractivity contribution is -0.113. The van der Waals surface area contributed by atoms with Gasteiger partial charge in [-0.15, -0.1) is 0 Å². The molecule has 0 aliphatic carbocycles. The summed E-state index contributed by atoms with van der Waals surface area (Å²) in [6, 6.07) is 24.6. The Kier molecular flexibility index (Phi) is 5.86. The second-order valence-electron chi connectivity index (χ2n) is 6.45. The molecule has 30 heavy (non-hydrogen) atoms. The highest BCUT2D eigenvalue weighted by atomic mass is 32.2. The van der Waals surface area contributed by atoms with Gasteiger partial charge in [-0.25, -0.2) is 4.99 Å². The molecule has 1 heterocycles. The molecule has 0 spiro atoms. The van der Waals surface area contributed by atoms with Gasteiger partial charge >= 0.3 is 0 Å². The summed E-state index contributed by atoms with van der Waals surface area (Å²) in [6.07, 6.45) is 1.87. The maximum atomic E-state index is 13.3. The number of benzene rings is 3. The summed E-state index contributed by atoms with van der Waals surface area (Å²) in [5.74, 6) is 1.39. The lowest BCUT2D eigenvalue weighted by atomic mass is 10.2. The van der Waals surface area contributed by atoms with Crippen molar-refractivity contribution in [1.29, 1.82) is 0 Å². The largest absolute Gasteiger partial charge is 0.497 e. The lowest BCUT2D eigenvalue weighted by Gasteiger charge is -2.16. The van der Waals surface area contributed by atoms with Crippen LogP contribution in [0.25, 0.3) is 6.08 Å². The monoisotopic (exact) mass is 416 g/mol. The van der Waals surface area contributed by atoms with Gasteiger partial charge in [0.25, 0.3) is 5.91 Å². The van der Waals surface area contributed by atoms with Crippen LogP contribution >= 0.6 is 11.8 Å². The van der Waals surface area contributed by atoms with Gasteiger partial charge in [-0.3, -0.25) is 9.69 Å². The van der Waals surface area contributed by atoms with E-state index in [1.165, 1.54) is 11.8 Å². The van der Waals surface area contributed by atoms with Crippen molar-refractivity contribution in [3.05, 3.63) is 89.3 Å². The van der Waals surface area contributed by atoms with Crippen molar-refractivity contribution in [2.24, 2.45) is 4.99 Å². The normalized spacial score (nSPS) is 16.3. The molecule has 3 aromatic carbocycles. The Morgan fingerprint density at radius 3 is 2.03 bits per heavy atom. The van der Waals surface area contributed by atoms with Crippen molar-refractivity contribution in [2.75, 3.05) is 19.1 Å². The fraction of sp³-hybridized carbons (Fsp3) is 0.0833. The van der Waals surface area contributed by atoms with Crippen LogP contribution in [0.4, 0.5) is 11.4 Å². The van der Waals surface area contributed by atoms with Gasteiger partial charge in [0.1, 0.15) is 11.5 Å². The molecule has 6 heteroatoms. The number of anilines is 1. The van der Waals surface area contributed by atoms with Crippen molar-refractivity contribution >= 4 is 40.3 Å². The summed E-state index contributed by atoms with van der Waals surface area (Å²) >= 11 is 1.36. The van der Waals surface area contributed by atoms with Crippen LogP contribution in [0, 0.1) is 0 Å². The number of carbonyl (C=O) groups excluding carboxylic acids is 1. The van der Waals surface area contributed by atoms with Crippen molar-refractivity contribution < 1.29 is 14.3 Å². The van der Waals surface area contributed by atoms with Gasteiger partial charge in [-0.2, -0.15) is 0 Å². The smallest absolute Gasteiger partial charge is 0.271 e. The van der Waals surface area contributed by atoms with E-state index in [0.717, 1.165) is 28.4 Å². The quantitative estimate of drug-likeness (QED) is 0.515. The number of aliphatic imine (C=N–C) groups is 1. The van der Waals surface area contributed by atoms with Gasteiger partial charge < -0.3 is 9.47 Å². The van der Waals surface area contributed by atoms with Crippen LogP contribution in [-0.2, 0) is 4.79 Å². The zero-order valence-electron chi connectivity index (χ0n) is 16.6. The Hall–Kier alpha value is -3.51. The lowest BCUT2D eigenvalue weighted by Crippen LogP contribution is -2.28. The van der Waals surface area contributed by atoms with Crippen molar-refractivity contribution in [2.45, 2.75) is 0 Å². The number of para-hydroxylation sites is 1. The Morgan fingerprint density at radius 1 is 0.833 bits per heavy atom. The maximum absolute atomic E-state index is 13.3. The molecule has 0 atom stereocenters.